The molecule has 1 aliphatic heterocycles. The molecule has 0 radical (unpaired) electrons. The number of aryl methyl sites for hydroxylation is 1. The number of amides is 1. The number of carboxylic acid groups (broad SMARTS) is 1. The minimum Gasteiger partial charge on any atom is -0.480 e. The Bertz CT molecular complexity index is 592. The highest BCUT2D eigenvalue weighted by molar-refractivity contribution is 8.26. The van der Waals surface area contributed by atoms with Gasteiger partial charge in [0.05, 0.1) is 4.91 Å². The zero-order chi connectivity index (χ0) is 14.2. The van der Waals surface area contributed by atoms with Crippen molar-refractivity contribution in [3.8, 4) is 0 Å². The van der Waals surface area contributed by atoms with E-state index in [4.69, 9.17) is 17.3 Å². The topological polar surface area (TPSA) is 62.5 Å². The fourth-order valence-electron chi connectivity index (χ4n) is 1.69. The van der Waals surface area contributed by atoms with Crippen LogP contribution >= 0.6 is 24.0 Å². The molecule has 1 aromatic heterocycles. The highest BCUT2D eigenvalue weighted by Gasteiger charge is 2.38. The molecule has 1 N–H and O–H groups in total. The van der Waals surface area contributed by atoms with E-state index in [1.807, 2.05) is 30.1 Å². The Kier molecular flexibility index (Phi) is 3.77. The van der Waals surface area contributed by atoms with E-state index >= 15 is 0 Å². The van der Waals surface area contributed by atoms with Crippen LogP contribution in [0.15, 0.2) is 23.4 Å². The van der Waals surface area contributed by atoms with Gasteiger partial charge in [-0.15, -0.1) is 0 Å². The number of thiocarbonyl (C=S) groups is 1. The molecule has 0 aliphatic carbocycles. The van der Waals surface area contributed by atoms with Crippen LogP contribution in [0.1, 0.15) is 12.5 Å². The lowest BCUT2D eigenvalue weighted by atomic mass is 10.2. The van der Waals surface area contributed by atoms with Crippen molar-refractivity contribution >= 4 is 46.3 Å². The SMILES string of the molecule is CC(C(=O)O)N1C(=O)C(=Cc2ccn(C)c2)SC1=S. The third kappa shape index (κ3) is 2.71. The predicted octanol–water partition coefficient (Wildman–Crippen LogP) is 1.70. The van der Waals surface area contributed by atoms with Gasteiger partial charge in [0, 0.05) is 19.4 Å². The smallest absolute Gasteiger partial charge is 0.326 e. The summed E-state index contributed by atoms with van der Waals surface area (Å²) in [4.78, 5) is 24.7. The fourth-order valence-corrected chi connectivity index (χ4v) is 3.10. The van der Waals surface area contributed by atoms with Crippen LogP contribution in [-0.2, 0) is 16.6 Å². The van der Waals surface area contributed by atoms with E-state index in [9.17, 15) is 9.59 Å². The van der Waals surface area contributed by atoms with Gasteiger partial charge in [-0.05, 0) is 24.6 Å². The number of aliphatic carboxylic acids is 1. The zero-order valence-electron chi connectivity index (χ0n) is 10.4. The van der Waals surface area contributed by atoms with Gasteiger partial charge in [0.2, 0.25) is 0 Å². The van der Waals surface area contributed by atoms with E-state index in [1.165, 1.54) is 6.92 Å². The Balaban J connectivity index is 2.27. The van der Waals surface area contributed by atoms with Gasteiger partial charge in [-0.1, -0.05) is 24.0 Å². The number of thioether (sulfide) groups is 1. The van der Waals surface area contributed by atoms with E-state index < -0.39 is 12.0 Å². The number of carbonyl (C=O) groups is 2. The maximum absolute atomic E-state index is 12.2. The standard InChI is InChI=1S/C12H12N2O3S2/c1-7(11(16)17)14-10(15)9(19-12(14)18)5-8-3-4-13(2)6-8/h3-7H,1-2H3,(H,16,17). The average molecular weight is 296 g/mol. The van der Waals surface area contributed by atoms with Crippen LogP contribution in [0.3, 0.4) is 0 Å². The summed E-state index contributed by atoms with van der Waals surface area (Å²) in [6.07, 6.45) is 5.45. The number of carboxylic acids is 1. The Morgan fingerprint density at radius 1 is 1.58 bits per heavy atom. The molecule has 1 unspecified atom stereocenters. The molecule has 0 bridgehead atoms. The van der Waals surface area contributed by atoms with Crippen LogP contribution in [0.25, 0.3) is 6.08 Å². The first-order valence-corrected chi connectivity index (χ1v) is 6.74. The molecule has 7 heteroatoms. The van der Waals surface area contributed by atoms with Crippen LogP contribution in [0.5, 0.6) is 0 Å². The van der Waals surface area contributed by atoms with Gasteiger partial charge in [0.25, 0.3) is 5.91 Å². The summed E-state index contributed by atoms with van der Waals surface area (Å²) in [5.74, 6) is -1.42. The van der Waals surface area contributed by atoms with Gasteiger partial charge in [0.1, 0.15) is 10.4 Å². The van der Waals surface area contributed by atoms with Gasteiger partial charge in [-0.3, -0.25) is 9.69 Å². The first kappa shape index (κ1) is 13.8. The fraction of sp³-hybridized carbons (Fsp3) is 0.250. The highest BCUT2D eigenvalue weighted by atomic mass is 32.2. The molecule has 5 nitrogen and oxygen atoms in total. The average Bonchev–Trinajstić information content (AvgIpc) is 2.84. The molecule has 0 saturated carbocycles. The first-order chi connectivity index (χ1) is 8.90. The minimum absolute atomic E-state index is 0.280. The summed E-state index contributed by atoms with van der Waals surface area (Å²) in [6, 6.07) is 0.918. The molecule has 2 heterocycles. The Morgan fingerprint density at radius 3 is 2.79 bits per heavy atom. The third-order valence-electron chi connectivity index (χ3n) is 2.72. The molecule has 1 atom stereocenters. The van der Waals surface area contributed by atoms with Gasteiger partial charge in [-0.2, -0.15) is 0 Å². The lowest BCUT2D eigenvalue weighted by Gasteiger charge is -2.18. The molecule has 19 heavy (non-hydrogen) atoms. The summed E-state index contributed by atoms with van der Waals surface area (Å²) in [5, 5.41) is 8.97. The van der Waals surface area contributed by atoms with Crippen molar-refractivity contribution in [2.45, 2.75) is 13.0 Å². The minimum atomic E-state index is -1.07. The van der Waals surface area contributed by atoms with Crippen LogP contribution in [0, 0.1) is 0 Å². The summed E-state index contributed by atoms with van der Waals surface area (Å²) >= 11 is 6.20. The van der Waals surface area contributed by atoms with Crippen LogP contribution in [0.4, 0.5) is 0 Å². The van der Waals surface area contributed by atoms with Crippen LogP contribution in [-0.4, -0.2) is 36.8 Å². The summed E-state index contributed by atoms with van der Waals surface area (Å²) < 4.78 is 2.15. The van der Waals surface area contributed by atoms with Crippen LogP contribution in [0.2, 0.25) is 0 Å². The van der Waals surface area contributed by atoms with E-state index in [1.54, 1.807) is 6.08 Å². The molecule has 0 aromatic carbocycles. The second-order valence-corrected chi connectivity index (χ2v) is 5.85. The lowest BCUT2D eigenvalue weighted by Crippen LogP contribution is -2.41. The van der Waals surface area contributed by atoms with Gasteiger partial charge in [0.15, 0.2) is 0 Å². The maximum Gasteiger partial charge on any atom is 0.326 e. The van der Waals surface area contributed by atoms with Crippen molar-refractivity contribution in [3.63, 3.8) is 0 Å². The molecule has 1 amide bonds. The largest absolute Gasteiger partial charge is 0.480 e. The monoisotopic (exact) mass is 296 g/mol. The number of nitrogens with zero attached hydrogens (tertiary/aromatic N) is 2. The summed E-state index contributed by atoms with van der Waals surface area (Å²) in [7, 11) is 1.88. The number of rotatable bonds is 3. The molecular weight excluding hydrogens is 284 g/mol. The van der Waals surface area contributed by atoms with Gasteiger partial charge in [-0.25, -0.2) is 4.79 Å². The molecule has 2 rings (SSSR count). The van der Waals surface area contributed by atoms with Crippen LogP contribution < -0.4 is 0 Å². The van der Waals surface area contributed by atoms with E-state index in [0.29, 0.717) is 4.91 Å². The molecule has 1 aliphatic rings. The molecule has 1 saturated heterocycles. The zero-order valence-corrected chi connectivity index (χ0v) is 12.0. The summed E-state index contributed by atoms with van der Waals surface area (Å²) in [5.41, 5.74) is 0.881. The lowest BCUT2D eigenvalue weighted by molar-refractivity contribution is -0.144. The van der Waals surface area contributed by atoms with E-state index in [-0.39, 0.29) is 10.2 Å². The van der Waals surface area contributed by atoms with Crippen molar-refractivity contribution in [2.24, 2.45) is 7.05 Å². The predicted molar refractivity (Wildman–Crippen MR) is 77.5 cm³/mol. The quantitative estimate of drug-likeness (QED) is 0.679. The number of aromatic nitrogens is 1. The molecule has 0 spiro atoms. The maximum atomic E-state index is 12.2. The number of hydrogen-bond donors (Lipinski definition) is 1. The van der Waals surface area contributed by atoms with Gasteiger partial charge >= 0.3 is 5.97 Å². The molecule has 100 valence electrons. The third-order valence-corrected chi connectivity index (χ3v) is 4.05. The normalized spacial score (nSPS) is 19.3. The second kappa shape index (κ2) is 5.18. The van der Waals surface area contributed by atoms with E-state index in [2.05, 4.69) is 0 Å². The van der Waals surface area contributed by atoms with E-state index in [0.717, 1.165) is 22.2 Å². The van der Waals surface area contributed by atoms with Crippen molar-refractivity contribution < 1.29 is 14.7 Å². The summed E-state index contributed by atoms with van der Waals surface area (Å²) in [6.45, 7) is 1.44. The Labute approximate surface area is 119 Å². The molecule has 1 fully saturated rings. The first-order valence-electron chi connectivity index (χ1n) is 5.52. The van der Waals surface area contributed by atoms with Gasteiger partial charge < -0.3 is 9.67 Å². The number of hydrogen-bond acceptors (Lipinski definition) is 4. The molecular formula is C12H12N2O3S2. The Morgan fingerprint density at radius 2 is 2.26 bits per heavy atom. The van der Waals surface area contributed by atoms with Crippen molar-refractivity contribution in [1.29, 1.82) is 0 Å². The highest BCUT2D eigenvalue weighted by Crippen LogP contribution is 2.33. The Hall–Kier alpha value is -1.60. The van der Waals surface area contributed by atoms with Crippen molar-refractivity contribution in [2.75, 3.05) is 0 Å². The second-order valence-electron chi connectivity index (χ2n) is 4.18. The van der Waals surface area contributed by atoms with Crippen molar-refractivity contribution in [3.05, 3.63) is 28.9 Å². The van der Waals surface area contributed by atoms with Crippen molar-refractivity contribution in [1.82, 2.24) is 9.47 Å². The number of carbonyl (C=O) groups excluding carboxylic acids is 1. The molecule has 1 aromatic rings.